The highest BCUT2D eigenvalue weighted by Gasteiger charge is 2.42. The van der Waals surface area contributed by atoms with Gasteiger partial charge in [-0.25, -0.2) is 4.79 Å². The number of rotatable bonds is 3. The van der Waals surface area contributed by atoms with Gasteiger partial charge in [0.1, 0.15) is 5.69 Å². The van der Waals surface area contributed by atoms with Gasteiger partial charge in [-0.3, -0.25) is 9.78 Å². The van der Waals surface area contributed by atoms with Crippen molar-refractivity contribution in [2.45, 2.75) is 12.6 Å². The van der Waals surface area contributed by atoms with Crippen molar-refractivity contribution in [1.82, 2.24) is 4.98 Å². The van der Waals surface area contributed by atoms with Gasteiger partial charge in [-0.1, -0.05) is 0 Å². The minimum Gasteiger partial charge on any atom is -0.478 e. The molecule has 0 amide bonds. The Hall–Kier alpha value is -2.51. The zero-order chi connectivity index (χ0) is 12.5. The number of Topliss-reactive ketones (excluding diaryl/α,β-unsaturated/α-hetero) is 1. The predicted molar refractivity (Wildman–Crippen MR) is 53.3 cm³/mol. The molecule has 86 valence electrons. The summed E-state index contributed by atoms with van der Waals surface area (Å²) >= 11 is 0. The molecule has 0 fully saturated rings. The zero-order valence-corrected chi connectivity index (χ0v) is 8.73. The Bertz CT molecular complexity index is 522. The van der Waals surface area contributed by atoms with Gasteiger partial charge in [-0.05, 0) is 29.5 Å². The fraction of sp³-hybridized carbons (Fsp3) is 0.222. The number of carboxylic acids is 1. The zero-order valence-electron chi connectivity index (χ0n) is 8.73. The van der Waals surface area contributed by atoms with E-state index in [4.69, 9.17) is 5.11 Å². The minimum atomic E-state index is -1.56. The highest BCUT2D eigenvalue weighted by Crippen LogP contribution is 2.31. The van der Waals surface area contributed by atoms with Crippen molar-refractivity contribution in [2.75, 3.05) is 0 Å². The highest BCUT2D eigenvalue weighted by molar-refractivity contribution is 5.88. The number of nitrogens with zero attached hydrogens (tertiary/aromatic N) is 5. The molecule has 1 aromatic rings. The number of hydrogen-bond acceptors (Lipinski definition) is 7. The van der Waals surface area contributed by atoms with Crippen LogP contribution in [0.5, 0.6) is 0 Å². The predicted octanol–water partition coefficient (Wildman–Crippen LogP) is 1.35. The van der Waals surface area contributed by atoms with E-state index < -0.39 is 17.4 Å². The molecule has 2 heterocycles. The molecule has 0 atom stereocenters. The molecule has 0 bridgehead atoms. The van der Waals surface area contributed by atoms with Gasteiger partial charge >= 0.3 is 5.97 Å². The van der Waals surface area contributed by atoms with Crippen LogP contribution in [0.25, 0.3) is 0 Å². The first-order valence-corrected chi connectivity index (χ1v) is 4.61. The van der Waals surface area contributed by atoms with Crippen molar-refractivity contribution >= 4 is 11.8 Å². The lowest BCUT2D eigenvalue weighted by Gasteiger charge is -2.14. The topological polar surface area (TPSA) is 117 Å². The van der Waals surface area contributed by atoms with Gasteiger partial charge < -0.3 is 5.11 Å². The first kappa shape index (κ1) is 11.0. The lowest BCUT2D eigenvalue weighted by Crippen LogP contribution is -2.29. The summed E-state index contributed by atoms with van der Waals surface area (Å²) in [4.78, 5) is 26.0. The Balaban J connectivity index is 2.46. The molecule has 2 rings (SSSR count). The van der Waals surface area contributed by atoms with Crippen LogP contribution in [0.1, 0.15) is 23.0 Å². The van der Waals surface area contributed by atoms with E-state index in [1.807, 2.05) is 0 Å². The molecule has 0 saturated heterocycles. The van der Waals surface area contributed by atoms with Crippen LogP contribution in [0.15, 0.2) is 39.0 Å². The summed E-state index contributed by atoms with van der Waals surface area (Å²) in [5.74, 6) is -1.49. The van der Waals surface area contributed by atoms with E-state index in [9.17, 15) is 9.59 Å². The van der Waals surface area contributed by atoms with E-state index in [0.29, 0.717) is 0 Å². The third kappa shape index (κ3) is 1.69. The Kier molecular flexibility index (Phi) is 2.47. The molecular weight excluding hydrogens is 226 g/mol. The van der Waals surface area contributed by atoms with Gasteiger partial charge in [0, 0.05) is 6.20 Å². The maximum atomic E-state index is 11.5. The Morgan fingerprint density at radius 3 is 2.29 bits per heavy atom. The second-order valence-corrected chi connectivity index (χ2v) is 3.34. The lowest BCUT2D eigenvalue weighted by atomic mass is 10.0. The minimum absolute atomic E-state index is 0.0133. The van der Waals surface area contributed by atoms with Crippen LogP contribution in [-0.2, 0) is 10.5 Å². The van der Waals surface area contributed by atoms with E-state index in [1.165, 1.54) is 19.1 Å². The molecular formula is C9H7N5O3. The number of carboxylic acid groups (broad SMARTS) is 1. The third-order valence-electron chi connectivity index (χ3n) is 2.28. The second-order valence-electron chi connectivity index (χ2n) is 3.34. The number of ketones is 1. The van der Waals surface area contributed by atoms with Gasteiger partial charge in [0.15, 0.2) is 5.78 Å². The molecule has 1 N–H and O–H groups in total. The number of hydrogen-bond donors (Lipinski definition) is 1. The molecule has 0 aromatic carbocycles. The van der Waals surface area contributed by atoms with E-state index in [0.717, 1.165) is 6.20 Å². The number of aromatic carboxylic acids is 1. The number of aromatic nitrogens is 1. The lowest BCUT2D eigenvalue weighted by molar-refractivity contribution is -0.122. The van der Waals surface area contributed by atoms with E-state index in [1.54, 1.807) is 0 Å². The van der Waals surface area contributed by atoms with Crippen LogP contribution in [0.4, 0.5) is 0 Å². The summed E-state index contributed by atoms with van der Waals surface area (Å²) in [6.07, 6.45) is 1.13. The maximum Gasteiger partial charge on any atom is 0.337 e. The van der Waals surface area contributed by atoms with Crippen molar-refractivity contribution in [3.05, 3.63) is 29.6 Å². The molecule has 0 saturated carbocycles. The number of carbonyl (C=O) groups excluding carboxylic acids is 1. The molecule has 0 unspecified atom stereocenters. The summed E-state index contributed by atoms with van der Waals surface area (Å²) in [7, 11) is 0. The van der Waals surface area contributed by atoms with Gasteiger partial charge in [0.25, 0.3) is 5.66 Å². The van der Waals surface area contributed by atoms with Gasteiger partial charge in [-0.2, -0.15) is 0 Å². The SMILES string of the molecule is CC(=O)C1(c2ccc(C(=O)O)cn2)N=NN=N1. The summed E-state index contributed by atoms with van der Waals surface area (Å²) in [6.45, 7) is 1.29. The van der Waals surface area contributed by atoms with Crippen molar-refractivity contribution in [3.8, 4) is 0 Å². The monoisotopic (exact) mass is 233 g/mol. The largest absolute Gasteiger partial charge is 0.478 e. The van der Waals surface area contributed by atoms with Gasteiger partial charge in [-0.15, -0.1) is 10.2 Å². The molecule has 17 heavy (non-hydrogen) atoms. The Morgan fingerprint density at radius 1 is 1.24 bits per heavy atom. The normalized spacial score (nSPS) is 16.1. The summed E-state index contributed by atoms with van der Waals surface area (Å²) in [6, 6.07) is 2.69. The fourth-order valence-electron chi connectivity index (χ4n) is 1.34. The standard InChI is InChI=1S/C9H7N5O3/c1-5(15)9(11-13-14-12-9)7-3-2-6(4-10-7)8(16)17/h2-4H,1H3,(H,16,17). The molecule has 0 radical (unpaired) electrons. The molecule has 8 nitrogen and oxygen atoms in total. The summed E-state index contributed by atoms with van der Waals surface area (Å²) in [5, 5.41) is 22.6. The number of pyridine rings is 1. The summed E-state index contributed by atoms with van der Waals surface area (Å²) in [5.41, 5.74) is -1.35. The molecule has 8 heteroatoms. The smallest absolute Gasteiger partial charge is 0.337 e. The molecule has 1 aliphatic rings. The van der Waals surface area contributed by atoms with Crippen LogP contribution < -0.4 is 0 Å². The quantitative estimate of drug-likeness (QED) is 0.847. The fourth-order valence-corrected chi connectivity index (χ4v) is 1.34. The van der Waals surface area contributed by atoms with E-state index in [-0.39, 0.29) is 11.3 Å². The average Bonchev–Trinajstić information content (AvgIpc) is 2.79. The van der Waals surface area contributed by atoms with Crippen molar-refractivity contribution < 1.29 is 14.7 Å². The average molecular weight is 233 g/mol. The molecule has 1 aliphatic heterocycles. The molecule has 0 aliphatic carbocycles. The van der Waals surface area contributed by atoms with Crippen LogP contribution in [0.3, 0.4) is 0 Å². The van der Waals surface area contributed by atoms with E-state index >= 15 is 0 Å². The van der Waals surface area contributed by atoms with Crippen molar-refractivity contribution in [2.24, 2.45) is 20.7 Å². The number of carbonyl (C=O) groups is 2. The Labute approximate surface area is 95.1 Å². The van der Waals surface area contributed by atoms with Gasteiger partial charge in [0.2, 0.25) is 0 Å². The van der Waals surface area contributed by atoms with Crippen LogP contribution >= 0.6 is 0 Å². The van der Waals surface area contributed by atoms with Crippen LogP contribution in [0.2, 0.25) is 0 Å². The van der Waals surface area contributed by atoms with Crippen molar-refractivity contribution in [1.29, 1.82) is 0 Å². The molecule has 1 aromatic heterocycles. The third-order valence-corrected chi connectivity index (χ3v) is 2.28. The van der Waals surface area contributed by atoms with Gasteiger partial charge in [0.05, 0.1) is 5.56 Å². The van der Waals surface area contributed by atoms with Crippen LogP contribution in [0, 0.1) is 0 Å². The van der Waals surface area contributed by atoms with Crippen molar-refractivity contribution in [3.63, 3.8) is 0 Å². The highest BCUT2D eigenvalue weighted by atomic mass is 16.4. The maximum absolute atomic E-state index is 11.5. The Morgan fingerprint density at radius 2 is 1.88 bits per heavy atom. The van der Waals surface area contributed by atoms with Crippen LogP contribution in [-0.4, -0.2) is 21.8 Å². The first-order valence-electron chi connectivity index (χ1n) is 4.61. The van der Waals surface area contributed by atoms with E-state index in [2.05, 4.69) is 25.7 Å². The first-order chi connectivity index (χ1) is 8.06. The molecule has 0 spiro atoms. The summed E-state index contributed by atoms with van der Waals surface area (Å²) < 4.78 is 0. The second kappa shape index (κ2) is 3.81.